The maximum atomic E-state index is 12.3. The summed E-state index contributed by atoms with van der Waals surface area (Å²) in [6.07, 6.45) is 1.87. The van der Waals surface area contributed by atoms with E-state index >= 15 is 0 Å². The standard InChI is InChI=1S/C9H17N5O3S/c1-3-4-14(6-9(10)13-15)18(16,17)8-5-11-12-7(8)2/h5,15H,3-4,6H2,1-2H3,(H2,10,13)(H,11,12). The molecule has 0 unspecified atom stereocenters. The summed E-state index contributed by atoms with van der Waals surface area (Å²) in [5, 5.41) is 17.6. The van der Waals surface area contributed by atoms with Crippen LogP contribution in [0.1, 0.15) is 19.0 Å². The summed E-state index contributed by atoms with van der Waals surface area (Å²) >= 11 is 0. The Morgan fingerprint density at radius 1 is 1.67 bits per heavy atom. The summed E-state index contributed by atoms with van der Waals surface area (Å²) in [6.45, 7) is 3.59. The molecule has 0 spiro atoms. The Hall–Kier alpha value is -1.61. The number of amidine groups is 1. The van der Waals surface area contributed by atoms with Gasteiger partial charge in [-0.1, -0.05) is 12.1 Å². The predicted octanol–water partition coefficient (Wildman–Crippen LogP) is -0.135. The van der Waals surface area contributed by atoms with Crippen LogP contribution < -0.4 is 5.73 Å². The van der Waals surface area contributed by atoms with Crippen LogP contribution in [0, 0.1) is 6.92 Å². The van der Waals surface area contributed by atoms with Gasteiger partial charge in [0.1, 0.15) is 4.90 Å². The van der Waals surface area contributed by atoms with E-state index in [1.165, 1.54) is 6.20 Å². The van der Waals surface area contributed by atoms with Crippen LogP contribution in [0.3, 0.4) is 0 Å². The molecule has 1 rings (SSSR count). The first kappa shape index (κ1) is 14.5. The van der Waals surface area contributed by atoms with E-state index in [9.17, 15) is 8.42 Å². The molecule has 102 valence electrons. The van der Waals surface area contributed by atoms with Gasteiger partial charge >= 0.3 is 0 Å². The Balaban J connectivity index is 3.09. The second-order valence-corrected chi connectivity index (χ2v) is 5.70. The van der Waals surface area contributed by atoms with Gasteiger partial charge in [-0.3, -0.25) is 5.10 Å². The number of hydrogen-bond acceptors (Lipinski definition) is 5. The average Bonchev–Trinajstić information content (AvgIpc) is 2.75. The van der Waals surface area contributed by atoms with E-state index in [2.05, 4.69) is 15.4 Å². The zero-order valence-electron chi connectivity index (χ0n) is 10.3. The summed E-state index contributed by atoms with van der Waals surface area (Å²) in [4.78, 5) is 0.0988. The summed E-state index contributed by atoms with van der Waals surface area (Å²) in [5.41, 5.74) is 5.82. The average molecular weight is 275 g/mol. The number of oxime groups is 1. The Morgan fingerprint density at radius 3 is 2.78 bits per heavy atom. The number of nitrogens with zero attached hydrogens (tertiary/aromatic N) is 3. The van der Waals surface area contributed by atoms with Crippen molar-refractivity contribution in [3.05, 3.63) is 11.9 Å². The van der Waals surface area contributed by atoms with Crippen molar-refractivity contribution in [3.63, 3.8) is 0 Å². The molecule has 1 aromatic rings. The largest absolute Gasteiger partial charge is 0.409 e. The van der Waals surface area contributed by atoms with Gasteiger partial charge in [-0.15, -0.1) is 0 Å². The van der Waals surface area contributed by atoms with Crippen LogP contribution >= 0.6 is 0 Å². The molecule has 1 heterocycles. The molecule has 0 aliphatic heterocycles. The molecular weight excluding hydrogens is 258 g/mol. The second-order valence-electron chi connectivity index (χ2n) is 3.79. The van der Waals surface area contributed by atoms with Gasteiger partial charge in [0.25, 0.3) is 0 Å². The van der Waals surface area contributed by atoms with Crippen LogP contribution in [-0.4, -0.2) is 47.1 Å². The fraction of sp³-hybridized carbons (Fsp3) is 0.556. The van der Waals surface area contributed by atoms with Crippen molar-refractivity contribution in [1.82, 2.24) is 14.5 Å². The minimum Gasteiger partial charge on any atom is -0.409 e. The number of rotatable bonds is 6. The summed E-state index contributed by atoms with van der Waals surface area (Å²) in [5.74, 6) is -0.159. The SMILES string of the molecule is CCCN(CC(N)=NO)S(=O)(=O)c1cn[nH]c1C. The first-order valence-corrected chi connectivity index (χ1v) is 6.84. The van der Waals surface area contributed by atoms with Crippen molar-refractivity contribution in [2.45, 2.75) is 25.2 Å². The number of hydrogen-bond donors (Lipinski definition) is 3. The first-order valence-electron chi connectivity index (χ1n) is 5.40. The fourth-order valence-electron chi connectivity index (χ4n) is 1.48. The van der Waals surface area contributed by atoms with Crippen LogP contribution in [0.5, 0.6) is 0 Å². The Labute approximate surface area is 106 Å². The van der Waals surface area contributed by atoms with Gasteiger partial charge in [-0.25, -0.2) is 8.42 Å². The van der Waals surface area contributed by atoms with E-state index in [1.807, 2.05) is 6.92 Å². The van der Waals surface area contributed by atoms with Crippen LogP contribution in [0.4, 0.5) is 0 Å². The van der Waals surface area contributed by atoms with E-state index in [4.69, 9.17) is 10.9 Å². The molecule has 0 amide bonds. The third-order valence-electron chi connectivity index (χ3n) is 2.34. The van der Waals surface area contributed by atoms with Crippen molar-refractivity contribution in [2.24, 2.45) is 10.9 Å². The summed E-state index contributed by atoms with van der Waals surface area (Å²) in [7, 11) is -3.69. The molecule has 18 heavy (non-hydrogen) atoms. The van der Waals surface area contributed by atoms with E-state index < -0.39 is 10.0 Å². The highest BCUT2D eigenvalue weighted by Gasteiger charge is 2.27. The molecule has 0 fully saturated rings. The topological polar surface area (TPSA) is 125 Å². The number of aromatic nitrogens is 2. The molecule has 9 heteroatoms. The van der Waals surface area contributed by atoms with Gasteiger partial charge in [0.2, 0.25) is 10.0 Å². The van der Waals surface area contributed by atoms with Crippen LogP contribution in [0.2, 0.25) is 0 Å². The zero-order chi connectivity index (χ0) is 13.8. The van der Waals surface area contributed by atoms with E-state index in [-0.39, 0.29) is 23.8 Å². The summed E-state index contributed by atoms with van der Waals surface area (Å²) < 4.78 is 25.8. The van der Waals surface area contributed by atoms with Gasteiger partial charge in [-0.2, -0.15) is 9.40 Å². The van der Waals surface area contributed by atoms with Crippen molar-refractivity contribution < 1.29 is 13.6 Å². The Kier molecular flexibility index (Phi) is 4.68. The number of H-pyrrole nitrogens is 1. The predicted molar refractivity (Wildman–Crippen MR) is 65.8 cm³/mol. The van der Waals surface area contributed by atoms with Crippen LogP contribution in [-0.2, 0) is 10.0 Å². The maximum absolute atomic E-state index is 12.3. The minimum atomic E-state index is -3.69. The third-order valence-corrected chi connectivity index (χ3v) is 4.30. The lowest BCUT2D eigenvalue weighted by atomic mass is 10.4. The van der Waals surface area contributed by atoms with Gasteiger partial charge in [0, 0.05) is 6.54 Å². The molecule has 0 aliphatic rings. The minimum absolute atomic E-state index is 0.0988. The van der Waals surface area contributed by atoms with Gasteiger partial charge in [0.15, 0.2) is 5.84 Å². The number of aryl methyl sites for hydroxylation is 1. The van der Waals surface area contributed by atoms with E-state index in [0.717, 1.165) is 4.31 Å². The number of nitrogens with two attached hydrogens (primary N) is 1. The lowest BCUT2D eigenvalue weighted by molar-refractivity contribution is 0.314. The van der Waals surface area contributed by atoms with Gasteiger partial charge < -0.3 is 10.9 Å². The molecule has 0 atom stereocenters. The van der Waals surface area contributed by atoms with Crippen LogP contribution in [0.15, 0.2) is 16.2 Å². The summed E-state index contributed by atoms with van der Waals surface area (Å²) in [6, 6.07) is 0. The van der Waals surface area contributed by atoms with Gasteiger partial charge in [0.05, 0.1) is 18.4 Å². The van der Waals surface area contributed by atoms with Gasteiger partial charge in [-0.05, 0) is 13.3 Å². The first-order chi connectivity index (χ1) is 8.43. The molecule has 0 aliphatic carbocycles. The quantitative estimate of drug-likeness (QED) is 0.288. The molecule has 8 nitrogen and oxygen atoms in total. The molecule has 0 aromatic carbocycles. The Bertz CT molecular complexity index is 522. The van der Waals surface area contributed by atoms with Crippen molar-refractivity contribution >= 4 is 15.9 Å². The van der Waals surface area contributed by atoms with E-state index in [0.29, 0.717) is 12.1 Å². The zero-order valence-corrected chi connectivity index (χ0v) is 11.1. The molecule has 0 radical (unpaired) electrons. The van der Waals surface area contributed by atoms with Crippen LogP contribution in [0.25, 0.3) is 0 Å². The highest BCUT2D eigenvalue weighted by Crippen LogP contribution is 2.17. The lowest BCUT2D eigenvalue weighted by Gasteiger charge is -2.20. The highest BCUT2D eigenvalue weighted by molar-refractivity contribution is 7.89. The lowest BCUT2D eigenvalue weighted by Crippen LogP contribution is -2.39. The number of aromatic amines is 1. The van der Waals surface area contributed by atoms with Crippen molar-refractivity contribution in [1.29, 1.82) is 0 Å². The third kappa shape index (κ3) is 2.99. The molecule has 0 saturated heterocycles. The molecular formula is C9H17N5O3S. The van der Waals surface area contributed by atoms with Crippen molar-refractivity contribution in [2.75, 3.05) is 13.1 Å². The molecule has 0 bridgehead atoms. The highest BCUT2D eigenvalue weighted by atomic mass is 32.2. The monoisotopic (exact) mass is 275 g/mol. The van der Waals surface area contributed by atoms with Crippen molar-refractivity contribution in [3.8, 4) is 0 Å². The molecule has 4 N–H and O–H groups in total. The number of nitrogens with one attached hydrogen (secondary N) is 1. The second kappa shape index (κ2) is 5.83. The van der Waals surface area contributed by atoms with E-state index in [1.54, 1.807) is 6.92 Å². The maximum Gasteiger partial charge on any atom is 0.246 e. The Morgan fingerprint density at radius 2 is 2.33 bits per heavy atom. The smallest absolute Gasteiger partial charge is 0.246 e. The fourth-order valence-corrected chi connectivity index (χ4v) is 3.11. The molecule has 1 aromatic heterocycles. The number of sulfonamides is 1. The normalized spacial score (nSPS) is 13.2. The molecule has 0 saturated carbocycles.